The van der Waals surface area contributed by atoms with Crippen LogP contribution in [0.25, 0.3) is 0 Å². The van der Waals surface area contributed by atoms with Gasteiger partial charge in [0.25, 0.3) is 0 Å². The number of anilines is 1. The number of Topliss-reactive ketones (excluding diaryl/α,β-unsaturated/α-hetero) is 1. The van der Waals surface area contributed by atoms with Crippen LogP contribution in [0.3, 0.4) is 0 Å². The Hall–Kier alpha value is -1.74. The molecular formula is C14H12BrFN2O2. The monoisotopic (exact) mass is 338 g/mol. The second kappa shape index (κ2) is 6.14. The van der Waals surface area contributed by atoms with E-state index in [1.54, 1.807) is 6.07 Å². The van der Waals surface area contributed by atoms with Gasteiger partial charge >= 0.3 is 0 Å². The highest BCUT2D eigenvalue weighted by atomic mass is 79.9. The van der Waals surface area contributed by atoms with Crippen LogP contribution in [0.2, 0.25) is 0 Å². The van der Waals surface area contributed by atoms with Crippen LogP contribution >= 0.6 is 15.9 Å². The van der Waals surface area contributed by atoms with E-state index >= 15 is 0 Å². The third-order valence-corrected chi connectivity index (χ3v) is 3.92. The van der Waals surface area contributed by atoms with Gasteiger partial charge in [-0.05, 0) is 47.0 Å². The Kier molecular flexibility index (Phi) is 4.50. The van der Waals surface area contributed by atoms with Crippen LogP contribution in [-0.4, -0.2) is 18.2 Å². The van der Waals surface area contributed by atoms with Crippen LogP contribution in [0.1, 0.15) is 19.3 Å². The van der Waals surface area contributed by atoms with Crippen LogP contribution in [0.5, 0.6) is 0 Å². The largest absolute Gasteiger partial charge is 0.311 e. The van der Waals surface area contributed by atoms with Gasteiger partial charge in [0.15, 0.2) is 5.78 Å². The van der Waals surface area contributed by atoms with Gasteiger partial charge in [0, 0.05) is 11.0 Å². The van der Waals surface area contributed by atoms with E-state index in [1.807, 2.05) is 0 Å². The fraction of sp³-hybridized carbons (Fsp3) is 0.357. The SMILES string of the molecule is N#CCC(=O)[C@@H]1CCCN(c2ccc(F)cc2Br)C1=O. The standard InChI is InChI=1S/C14H12BrFN2O2/c15-11-8-9(16)3-4-12(11)18-7-1-2-10(14(18)20)13(19)5-6-17/h3-4,8,10H,1-2,5,7H2/t10-/m0/s1. The molecule has 1 aliphatic rings. The van der Waals surface area contributed by atoms with Crippen LogP contribution in [-0.2, 0) is 9.59 Å². The van der Waals surface area contributed by atoms with E-state index in [0.717, 1.165) is 0 Å². The number of ketones is 1. The summed E-state index contributed by atoms with van der Waals surface area (Å²) in [6.45, 7) is 0.486. The average Bonchev–Trinajstić information content (AvgIpc) is 2.40. The number of nitriles is 1. The first-order valence-electron chi connectivity index (χ1n) is 6.20. The highest BCUT2D eigenvalue weighted by molar-refractivity contribution is 9.10. The average molecular weight is 339 g/mol. The Morgan fingerprint density at radius 1 is 1.55 bits per heavy atom. The molecule has 0 aliphatic carbocycles. The number of amides is 1. The van der Waals surface area contributed by atoms with Crippen molar-refractivity contribution in [3.8, 4) is 6.07 Å². The van der Waals surface area contributed by atoms with Crippen molar-refractivity contribution in [2.45, 2.75) is 19.3 Å². The molecule has 1 amide bonds. The molecule has 0 bridgehead atoms. The van der Waals surface area contributed by atoms with E-state index in [9.17, 15) is 14.0 Å². The molecule has 104 valence electrons. The number of carbonyl (C=O) groups is 2. The van der Waals surface area contributed by atoms with E-state index < -0.39 is 11.7 Å². The number of hydrogen-bond donors (Lipinski definition) is 0. The third-order valence-electron chi connectivity index (χ3n) is 3.28. The molecule has 1 aromatic rings. The molecule has 1 aliphatic heterocycles. The molecule has 6 heteroatoms. The molecule has 4 nitrogen and oxygen atoms in total. The highest BCUT2D eigenvalue weighted by Gasteiger charge is 2.34. The molecule has 0 unspecified atom stereocenters. The molecule has 1 heterocycles. The lowest BCUT2D eigenvalue weighted by Crippen LogP contribution is -2.44. The summed E-state index contributed by atoms with van der Waals surface area (Å²) in [4.78, 5) is 25.6. The Labute approximate surface area is 124 Å². The summed E-state index contributed by atoms with van der Waals surface area (Å²) in [7, 11) is 0. The first kappa shape index (κ1) is 14.7. The van der Waals surface area contributed by atoms with Gasteiger partial charge in [-0.15, -0.1) is 0 Å². The van der Waals surface area contributed by atoms with Gasteiger partial charge < -0.3 is 4.90 Å². The molecular weight excluding hydrogens is 327 g/mol. The second-order valence-corrected chi connectivity index (χ2v) is 5.44. The molecule has 1 fully saturated rings. The lowest BCUT2D eigenvalue weighted by molar-refractivity contribution is -0.133. The quantitative estimate of drug-likeness (QED) is 0.796. The van der Waals surface area contributed by atoms with Crippen molar-refractivity contribution in [2.24, 2.45) is 5.92 Å². The number of benzene rings is 1. The first-order valence-corrected chi connectivity index (χ1v) is 7.00. The Balaban J connectivity index is 2.26. The molecule has 1 atom stereocenters. The van der Waals surface area contributed by atoms with Crippen molar-refractivity contribution in [3.63, 3.8) is 0 Å². The number of carbonyl (C=O) groups excluding carboxylic acids is 2. The third kappa shape index (κ3) is 2.88. The van der Waals surface area contributed by atoms with Crippen molar-refractivity contribution in [1.82, 2.24) is 0 Å². The zero-order valence-electron chi connectivity index (χ0n) is 10.6. The lowest BCUT2D eigenvalue weighted by atomic mass is 9.91. The number of piperidine rings is 1. The number of nitrogens with zero attached hydrogens (tertiary/aromatic N) is 2. The molecule has 0 aromatic heterocycles. The Bertz CT molecular complexity index is 597. The molecule has 0 spiro atoms. The molecule has 0 radical (unpaired) electrons. The molecule has 0 N–H and O–H groups in total. The number of rotatable bonds is 3. The predicted octanol–water partition coefficient (Wildman–Crippen LogP) is 2.81. The minimum atomic E-state index is -0.764. The van der Waals surface area contributed by atoms with Gasteiger partial charge in [-0.1, -0.05) is 0 Å². The lowest BCUT2D eigenvalue weighted by Gasteiger charge is -2.32. The molecule has 2 rings (SSSR count). The topological polar surface area (TPSA) is 61.2 Å². The second-order valence-electron chi connectivity index (χ2n) is 4.58. The van der Waals surface area contributed by atoms with E-state index in [0.29, 0.717) is 29.5 Å². The van der Waals surface area contributed by atoms with Crippen LogP contribution in [0, 0.1) is 23.1 Å². The summed E-state index contributed by atoms with van der Waals surface area (Å²) in [5.74, 6) is -1.83. The van der Waals surface area contributed by atoms with Gasteiger partial charge in [0.1, 0.15) is 5.82 Å². The number of halogens is 2. The number of hydrogen-bond acceptors (Lipinski definition) is 3. The first-order chi connectivity index (χ1) is 9.54. The summed E-state index contributed by atoms with van der Waals surface area (Å²) in [5.41, 5.74) is 0.547. The summed E-state index contributed by atoms with van der Waals surface area (Å²) in [6, 6.07) is 5.84. The van der Waals surface area contributed by atoms with Crippen molar-refractivity contribution in [1.29, 1.82) is 5.26 Å². The maximum Gasteiger partial charge on any atom is 0.237 e. The van der Waals surface area contributed by atoms with Crippen molar-refractivity contribution in [2.75, 3.05) is 11.4 Å². The van der Waals surface area contributed by atoms with E-state index in [2.05, 4.69) is 15.9 Å². The summed E-state index contributed by atoms with van der Waals surface area (Å²) in [5, 5.41) is 8.57. The maximum atomic E-state index is 13.1. The minimum Gasteiger partial charge on any atom is -0.311 e. The Morgan fingerprint density at radius 3 is 2.95 bits per heavy atom. The fourth-order valence-electron chi connectivity index (χ4n) is 2.31. The molecule has 1 saturated heterocycles. The van der Waals surface area contributed by atoms with Crippen LogP contribution in [0.4, 0.5) is 10.1 Å². The van der Waals surface area contributed by atoms with Gasteiger partial charge in [0.2, 0.25) is 5.91 Å². The van der Waals surface area contributed by atoms with Gasteiger partial charge in [-0.3, -0.25) is 9.59 Å². The Morgan fingerprint density at radius 2 is 2.30 bits per heavy atom. The zero-order chi connectivity index (χ0) is 14.7. The normalized spacial score (nSPS) is 18.8. The van der Waals surface area contributed by atoms with E-state index in [1.165, 1.54) is 23.1 Å². The van der Waals surface area contributed by atoms with Gasteiger partial charge in [-0.25, -0.2) is 4.39 Å². The molecule has 0 saturated carbocycles. The van der Waals surface area contributed by atoms with Gasteiger partial charge in [0.05, 0.1) is 24.1 Å². The summed E-state index contributed by atoms with van der Waals surface area (Å²) >= 11 is 3.23. The predicted molar refractivity (Wildman–Crippen MR) is 74.4 cm³/mol. The van der Waals surface area contributed by atoms with Gasteiger partial charge in [-0.2, -0.15) is 5.26 Å². The van der Waals surface area contributed by atoms with E-state index in [-0.39, 0.29) is 18.1 Å². The zero-order valence-corrected chi connectivity index (χ0v) is 12.2. The molecule has 20 heavy (non-hydrogen) atoms. The maximum absolute atomic E-state index is 13.1. The fourth-order valence-corrected chi connectivity index (χ4v) is 2.88. The summed E-state index contributed by atoms with van der Waals surface area (Å²) in [6.07, 6.45) is 0.890. The van der Waals surface area contributed by atoms with Crippen molar-refractivity contribution in [3.05, 3.63) is 28.5 Å². The van der Waals surface area contributed by atoms with E-state index in [4.69, 9.17) is 5.26 Å². The summed E-state index contributed by atoms with van der Waals surface area (Å²) < 4.78 is 13.6. The van der Waals surface area contributed by atoms with Crippen molar-refractivity contribution < 1.29 is 14.0 Å². The molecule has 1 aromatic carbocycles. The highest BCUT2D eigenvalue weighted by Crippen LogP contribution is 2.31. The minimum absolute atomic E-state index is 0.255. The van der Waals surface area contributed by atoms with Crippen LogP contribution in [0.15, 0.2) is 22.7 Å². The van der Waals surface area contributed by atoms with Crippen molar-refractivity contribution >= 4 is 33.3 Å². The smallest absolute Gasteiger partial charge is 0.237 e. The van der Waals surface area contributed by atoms with Crippen LogP contribution < -0.4 is 4.90 Å².